The highest BCUT2D eigenvalue weighted by Crippen LogP contribution is 2.23. The third-order valence-corrected chi connectivity index (χ3v) is 5.20. The molecule has 168 valence electrons. The second-order valence-corrected chi connectivity index (χ2v) is 9.09. The molecule has 33 heavy (non-hydrogen) atoms. The standard InChI is InChI=1S/C26H28N6O/c1-26(2,3)23-14-21(9-11-27-23)30-24(33)13-18-5-7-19(8-6-18)20-15-28-25(29-16-20)31-22-10-12-32(4)17-22/h5-12,14-17H,13H2,1-4H3,(H,27,30,33)(H,28,29,31). The van der Waals surface area contributed by atoms with Crippen LogP contribution in [0, 0.1) is 0 Å². The number of aryl methyl sites for hydroxylation is 1. The van der Waals surface area contributed by atoms with Gasteiger partial charge in [0.05, 0.1) is 12.1 Å². The summed E-state index contributed by atoms with van der Waals surface area (Å²) in [6.07, 6.45) is 9.52. The number of carbonyl (C=O) groups is 1. The topological polar surface area (TPSA) is 84.7 Å². The number of pyridine rings is 1. The molecule has 0 radical (unpaired) electrons. The van der Waals surface area contributed by atoms with Crippen molar-refractivity contribution in [2.45, 2.75) is 32.6 Å². The smallest absolute Gasteiger partial charge is 0.228 e. The Kier molecular flexibility index (Phi) is 6.22. The van der Waals surface area contributed by atoms with Gasteiger partial charge in [-0.15, -0.1) is 0 Å². The van der Waals surface area contributed by atoms with E-state index in [-0.39, 0.29) is 11.3 Å². The van der Waals surface area contributed by atoms with Gasteiger partial charge in [0.25, 0.3) is 0 Å². The molecule has 4 rings (SSSR count). The molecular weight excluding hydrogens is 412 g/mol. The number of hydrogen-bond donors (Lipinski definition) is 2. The van der Waals surface area contributed by atoms with Crippen LogP contribution >= 0.6 is 0 Å². The van der Waals surface area contributed by atoms with E-state index in [4.69, 9.17) is 0 Å². The molecule has 7 heteroatoms. The second-order valence-electron chi connectivity index (χ2n) is 9.09. The van der Waals surface area contributed by atoms with Gasteiger partial charge in [0.15, 0.2) is 0 Å². The molecule has 2 N–H and O–H groups in total. The fourth-order valence-electron chi connectivity index (χ4n) is 3.37. The zero-order valence-corrected chi connectivity index (χ0v) is 19.3. The van der Waals surface area contributed by atoms with Gasteiger partial charge in [-0.1, -0.05) is 45.0 Å². The number of amides is 1. The lowest BCUT2D eigenvalue weighted by molar-refractivity contribution is -0.115. The van der Waals surface area contributed by atoms with E-state index in [1.165, 1.54) is 0 Å². The van der Waals surface area contributed by atoms with Gasteiger partial charge < -0.3 is 15.2 Å². The minimum Gasteiger partial charge on any atom is -0.355 e. The normalized spacial score (nSPS) is 11.3. The van der Waals surface area contributed by atoms with E-state index in [2.05, 4.69) is 46.4 Å². The fraction of sp³-hybridized carbons (Fsp3) is 0.231. The zero-order valence-electron chi connectivity index (χ0n) is 19.3. The largest absolute Gasteiger partial charge is 0.355 e. The van der Waals surface area contributed by atoms with E-state index in [0.29, 0.717) is 12.4 Å². The van der Waals surface area contributed by atoms with E-state index in [1.807, 2.05) is 66.5 Å². The van der Waals surface area contributed by atoms with Crippen LogP contribution in [0.25, 0.3) is 11.1 Å². The maximum atomic E-state index is 12.5. The summed E-state index contributed by atoms with van der Waals surface area (Å²) in [5.41, 5.74) is 5.41. The monoisotopic (exact) mass is 440 g/mol. The Balaban J connectivity index is 1.36. The molecule has 0 bridgehead atoms. The van der Waals surface area contributed by atoms with Gasteiger partial charge in [0.2, 0.25) is 11.9 Å². The van der Waals surface area contributed by atoms with Crippen molar-refractivity contribution >= 4 is 23.2 Å². The molecule has 0 fully saturated rings. The lowest BCUT2D eigenvalue weighted by atomic mass is 9.91. The molecule has 7 nitrogen and oxygen atoms in total. The summed E-state index contributed by atoms with van der Waals surface area (Å²) in [4.78, 5) is 25.7. The Morgan fingerprint density at radius 2 is 1.67 bits per heavy atom. The number of hydrogen-bond acceptors (Lipinski definition) is 5. The van der Waals surface area contributed by atoms with Gasteiger partial charge in [-0.05, 0) is 29.3 Å². The molecule has 1 amide bonds. The van der Waals surface area contributed by atoms with Crippen molar-refractivity contribution in [1.29, 1.82) is 0 Å². The average molecular weight is 441 g/mol. The maximum absolute atomic E-state index is 12.5. The lowest BCUT2D eigenvalue weighted by Gasteiger charge is -2.18. The summed E-state index contributed by atoms with van der Waals surface area (Å²) in [5, 5.41) is 6.14. The van der Waals surface area contributed by atoms with Crippen molar-refractivity contribution in [3.8, 4) is 11.1 Å². The van der Waals surface area contributed by atoms with E-state index in [9.17, 15) is 4.79 Å². The predicted octanol–water partition coefficient (Wildman–Crippen LogP) is 5.10. The van der Waals surface area contributed by atoms with Crippen molar-refractivity contribution in [2.24, 2.45) is 7.05 Å². The number of carbonyl (C=O) groups excluding carboxylic acids is 1. The number of anilines is 3. The molecule has 0 saturated carbocycles. The van der Waals surface area contributed by atoms with E-state index in [0.717, 1.165) is 33.8 Å². The van der Waals surface area contributed by atoms with Crippen LogP contribution in [0.2, 0.25) is 0 Å². The van der Waals surface area contributed by atoms with Crippen LogP contribution in [0.1, 0.15) is 32.0 Å². The SMILES string of the molecule is Cn1ccc(Nc2ncc(-c3ccc(CC(=O)Nc4ccnc(C(C)(C)C)c4)cc3)cn2)c1. The zero-order chi connectivity index (χ0) is 23.4. The molecule has 0 atom stereocenters. The minimum absolute atomic E-state index is 0.0616. The fourth-order valence-corrected chi connectivity index (χ4v) is 3.37. The maximum Gasteiger partial charge on any atom is 0.228 e. The Bertz CT molecular complexity index is 1240. The van der Waals surface area contributed by atoms with Crippen LogP contribution in [0.5, 0.6) is 0 Å². The van der Waals surface area contributed by atoms with Crippen molar-refractivity contribution in [2.75, 3.05) is 10.6 Å². The summed E-state index contributed by atoms with van der Waals surface area (Å²) in [6, 6.07) is 13.6. The molecule has 0 aliphatic rings. The summed E-state index contributed by atoms with van der Waals surface area (Å²) in [6.45, 7) is 6.29. The van der Waals surface area contributed by atoms with Crippen molar-refractivity contribution in [3.05, 3.63) is 84.7 Å². The van der Waals surface area contributed by atoms with E-state index < -0.39 is 0 Å². The Hall–Kier alpha value is -4.00. The van der Waals surface area contributed by atoms with Crippen LogP contribution < -0.4 is 10.6 Å². The molecule has 1 aromatic carbocycles. The molecular formula is C26H28N6O. The van der Waals surface area contributed by atoms with Gasteiger partial charge in [-0.25, -0.2) is 9.97 Å². The van der Waals surface area contributed by atoms with Gasteiger partial charge in [0.1, 0.15) is 0 Å². The molecule has 0 aliphatic carbocycles. The summed E-state index contributed by atoms with van der Waals surface area (Å²) < 4.78 is 1.96. The van der Waals surface area contributed by atoms with Gasteiger partial charge in [0, 0.05) is 60.4 Å². The predicted molar refractivity (Wildman–Crippen MR) is 131 cm³/mol. The number of rotatable bonds is 6. The number of aromatic nitrogens is 4. The van der Waals surface area contributed by atoms with Crippen molar-refractivity contribution in [1.82, 2.24) is 19.5 Å². The lowest BCUT2D eigenvalue weighted by Crippen LogP contribution is -2.17. The summed E-state index contributed by atoms with van der Waals surface area (Å²) >= 11 is 0. The van der Waals surface area contributed by atoms with E-state index in [1.54, 1.807) is 18.6 Å². The average Bonchev–Trinajstić information content (AvgIpc) is 3.19. The molecule has 4 aromatic rings. The molecule has 3 heterocycles. The third-order valence-electron chi connectivity index (χ3n) is 5.20. The van der Waals surface area contributed by atoms with Gasteiger partial charge in [-0.2, -0.15) is 0 Å². The number of nitrogens with zero attached hydrogens (tertiary/aromatic N) is 4. The first-order valence-electron chi connectivity index (χ1n) is 10.8. The highest BCUT2D eigenvalue weighted by atomic mass is 16.1. The first-order valence-corrected chi connectivity index (χ1v) is 10.8. The quantitative estimate of drug-likeness (QED) is 0.436. The minimum atomic E-state index is -0.0733. The highest BCUT2D eigenvalue weighted by Gasteiger charge is 2.16. The molecule has 0 unspecified atom stereocenters. The van der Waals surface area contributed by atoms with Gasteiger partial charge in [-0.3, -0.25) is 9.78 Å². The van der Waals surface area contributed by atoms with Crippen molar-refractivity contribution < 1.29 is 4.79 Å². The van der Waals surface area contributed by atoms with E-state index >= 15 is 0 Å². The van der Waals surface area contributed by atoms with Crippen molar-refractivity contribution in [3.63, 3.8) is 0 Å². The third kappa shape index (κ3) is 5.83. The van der Waals surface area contributed by atoms with Crippen LogP contribution in [-0.4, -0.2) is 25.4 Å². The highest BCUT2D eigenvalue weighted by molar-refractivity contribution is 5.92. The number of nitrogens with one attached hydrogen (secondary N) is 2. The first kappa shape index (κ1) is 22.2. The Labute approximate surface area is 193 Å². The summed E-state index contributed by atoms with van der Waals surface area (Å²) in [7, 11) is 1.96. The molecule has 0 saturated heterocycles. The second kappa shape index (κ2) is 9.24. The number of benzene rings is 1. The van der Waals surface area contributed by atoms with Crippen LogP contribution in [-0.2, 0) is 23.7 Å². The summed E-state index contributed by atoms with van der Waals surface area (Å²) in [5.74, 6) is 0.484. The Morgan fingerprint density at radius 1 is 0.939 bits per heavy atom. The van der Waals surface area contributed by atoms with Crippen LogP contribution in [0.3, 0.4) is 0 Å². The molecule has 0 spiro atoms. The first-order chi connectivity index (χ1) is 15.8. The van der Waals surface area contributed by atoms with Gasteiger partial charge >= 0.3 is 0 Å². The molecule has 0 aliphatic heterocycles. The molecule has 3 aromatic heterocycles. The Morgan fingerprint density at radius 3 is 2.30 bits per heavy atom. The van der Waals surface area contributed by atoms with Crippen LogP contribution in [0.15, 0.2) is 73.4 Å². The van der Waals surface area contributed by atoms with Crippen LogP contribution in [0.4, 0.5) is 17.3 Å².